The Kier molecular flexibility index (Phi) is 5.69. The molecule has 18 heavy (non-hydrogen) atoms. The average molecular weight is 248 g/mol. The van der Waals surface area contributed by atoms with Crippen LogP contribution in [0.15, 0.2) is 24.3 Å². The van der Waals surface area contributed by atoms with Crippen LogP contribution < -0.4 is 11.1 Å². The van der Waals surface area contributed by atoms with Gasteiger partial charge in [0.05, 0.1) is 0 Å². The number of nitrogens with two attached hydrogens (primary N) is 1. The van der Waals surface area contributed by atoms with Crippen molar-refractivity contribution in [1.29, 1.82) is 0 Å². The summed E-state index contributed by atoms with van der Waals surface area (Å²) in [4.78, 5) is 11.7. The van der Waals surface area contributed by atoms with Crippen LogP contribution in [0.2, 0.25) is 0 Å². The van der Waals surface area contributed by atoms with Gasteiger partial charge in [0.25, 0.3) is 0 Å². The van der Waals surface area contributed by atoms with Crippen LogP contribution in [0.3, 0.4) is 0 Å². The van der Waals surface area contributed by atoms with Crippen LogP contribution in [-0.4, -0.2) is 12.5 Å². The fraction of sp³-hybridized carbons (Fsp3) is 0.533. The SMILES string of the molecule is CC(C)C(C)CNC(=O)CCc1ccccc1N. The molecular formula is C15H24N2O. The molecule has 3 nitrogen and oxygen atoms in total. The maximum atomic E-state index is 11.7. The molecule has 100 valence electrons. The van der Waals surface area contributed by atoms with E-state index in [1.165, 1.54) is 0 Å². The van der Waals surface area contributed by atoms with E-state index in [4.69, 9.17) is 5.73 Å². The average Bonchev–Trinajstić information content (AvgIpc) is 2.34. The second-order valence-corrected chi connectivity index (χ2v) is 5.22. The van der Waals surface area contributed by atoms with Crippen LogP contribution in [-0.2, 0) is 11.2 Å². The summed E-state index contributed by atoms with van der Waals surface area (Å²) in [5.41, 5.74) is 7.65. The summed E-state index contributed by atoms with van der Waals surface area (Å²) in [6.45, 7) is 7.24. The minimum atomic E-state index is 0.103. The maximum absolute atomic E-state index is 11.7. The number of rotatable bonds is 6. The van der Waals surface area contributed by atoms with E-state index in [0.717, 1.165) is 17.8 Å². The Bertz CT molecular complexity index is 388. The Labute approximate surface area is 110 Å². The molecule has 1 aromatic rings. The molecule has 1 rings (SSSR count). The van der Waals surface area contributed by atoms with Crippen molar-refractivity contribution in [3.63, 3.8) is 0 Å². The van der Waals surface area contributed by atoms with Crippen molar-refractivity contribution in [2.24, 2.45) is 11.8 Å². The van der Waals surface area contributed by atoms with Crippen LogP contribution in [0.5, 0.6) is 0 Å². The zero-order valence-corrected chi connectivity index (χ0v) is 11.6. The number of hydrogen-bond acceptors (Lipinski definition) is 2. The van der Waals surface area contributed by atoms with Gasteiger partial charge in [-0.1, -0.05) is 39.0 Å². The smallest absolute Gasteiger partial charge is 0.220 e. The van der Waals surface area contributed by atoms with E-state index in [9.17, 15) is 4.79 Å². The molecule has 1 unspecified atom stereocenters. The fourth-order valence-corrected chi connectivity index (χ4v) is 1.61. The van der Waals surface area contributed by atoms with Gasteiger partial charge >= 0.3 is 0 Å². The predicted molar refractivity (Wildman–Crippen MR) is 76.2 cm³/mol. The third kappa shape index (κ3) is 4.78. The van der Waals surface area contributed by atoms with Crippen molar-refractivity contribution < 1.29 is 4.79 Å². The monoisotopic (exact) mass is 248 g/mol. The summed E-state index contributed by atoms with van der Waals surface area (Å²) in [6, 6.07) is 7.70. The van der Waals surface area contributed by atoms with E-state index < -0.39 is 0 Å². The summed E-state index contributed by atoms with van der Waals surface area (Å²) in [5.74, 6) is 1.21. The van der Waals surface area contributed by atoms with Gasteiger partial charge in [0.1, 0.15) is 0 Å². The van der Waals surface area contributed by atoms with Crippen molar-refractivity contribution in [3.8, 4) is 0 Å². The second kappa shape index (κ2) is 7.04. The third-order valence-corrected chi connectivity index (χ3v) is 3.44. The van der Waals surface area contributed by atoms with E-state index in [2.05, 4.69) is 26.1 Å². The Hall–Kier alpha value is -1.51. The molecule has 0 radical (unpaired) electrons. The number of anilines is 1. The van der Waals surface area contributed by atoms with Crippen molar-refractivity contribution in [2.75, 3.05) is 12.3 Å². The molecule has 0 aliphatic heterocycles. The summed E-state index contributed by atoms with van der Waals surface area (Å²) in [6.07, 6.45) is 1.20. The number of para-hydroxylation sites is 1. The lowest BCUT2D eigenvalue weighted by Gasteiger charge is -2.16. The van der Waals surface area contributed by atoms with Crippen molar-refractivity contribution >= 4 is 11.6 Å². The molecule has 0 saturated carbocycles. The second-order valence-electron chi connectivity index (χ2n) is 5.22. The molecule has 0 aliphatic carbocycles. The predicted octanol–water partition coefficient (Wildman–Crippen LogP) is 2.61. The largest absolute Gasteiger partial charge is 0.399 e. The molecule has 3 heteroatoms. The molecule has 1 atom stereocenters. The molecule has 0 aromatic heterocycles. The molecule has 0 saturated heterocycles. The van der Waals surface area contributed by atoms with Gasteiger partial charge in [-0.2, -0.15) is 0 Å². The van der Waals surface area contributed by atoms with Gasteiger partial charge in [0, 0.05) is 18.7 Å². The molecule has 1 amide bonds. The van der Waals surface area contributed by atoms with Crippen molar-refractivity contribution in [3.05, 3.63) is 29.8 Å². The molecule has 0 heterocycles. The highest BCUT2D eigenvalue weighted by atomic mass is 16.1. The number of nitrogen functional groups attached to an aromatic ring is 1. The summed E-state index contributed by atoms with van der Waals surface area (Å²) < 4.78 is 0. The van der Waals surface area contributed by atoms with E-state index in [0.29, 0.717) is 24.7 Å². The third-order valence-electron chi connectivity index (χ3n) is 3.44. The fourth-order valence-electron chi connectivity index (χ4n) is 1.61. The highest BCUT2D eigenvalue weighted by molar-refractivity contribution is 5.76. The Morgan fingerprint density at radius 1 is 1.28 bits per heavy atom. The Morgan fingerprint density at radius 3 is 2.56 bits per heavy atom. The van der Waals surface area contributed by atoms with Gasteiger partial charge in [-0.05, 0) is 29.9 Å². The van der Waals surface area contributed by atoms with Gasteiger partial charge in [0.15, 0.2) is 0 Å². The number of nitrogens with one attached hydrogen (secondary N) is 1. The lowest BCUT2D eigenvalue weighted by atomic mass is 9.98. The first-order valence-corrected chi connectivity index (χ1v) is 6.60. The lowest BCUT2D eigenvalue weighted by molar-refractivity contribution is -0.121. The number of aryl methyl sites for hydroxylation is 1. The van der Waals surface area contributed by atoms with Crippen LogP contribution in [0.4, 0.5) is 5.69 Å². The first kappa shape index (κ1) is 14.6. The highest BCUT2D eigenvalue weighted by Crippen LogP contribution is 2.12. The number of carbonyl (C=O) groups excluding carboxylic acids is 1. The summed E-state index contributed by atoms with van der Waals surface area (Å²) in [5, 5.41) is 2.97. The van der Waals surface area contributed by atoms with Gasteiger partial charge < -0.3 is 11.1 Å². The molecule has 0 fully saturated rings. The molecule has 1 aromatic carbocycles. The van der Waals surface area contributed by atoms with Gasteiger partial charge in [0.2, 0.25) is 5.91 Å². The molecular weight excluding hydrogens is 224 g/mol. The summed E-state index contributed by atoms with van der Waals surface area (Å²) in [7, 11) is 0. The zero-order valence-electron chi connectivity index (χ0n) is 11.6. The van der Waals surface area contributed by atoms with Gasteiger partial charge in [-0.25, -0.2) is 0 Å². The molecule has 3 N–H and O–H groups in total. The van der Waals surface area contributed by atoms with Gasteiger partial charge in [-0.15, -0.1) is 0 Å². The van der Waals surface area contributed by atoms with Crippen molar-refractivity contribution in [1.82, 2.24) is 5.32 Å². The topological polar surface area (TPSA) is 55.1 Å². The van der Waals surface area contributed by atoms with Crippen LogP contribution >= 0.6 is 0 Å². The van der Waals surface area contributed by atoms with Crippen LogP contribution in [0.1, 0.15) is 32.8 Å². The van der Waals surface area contributed by atoms with E-state index >= 15 is 0 Å². The zero-order chi connectivity index (χ0) is 13.5. The van der Waals surface area contributed by atoms with E-state index in [1.807, 2.05) is 24.3 Å². The molecule has 0 aliphatic rings. The lowest BCUT2D eigenvalue weighted by Crippen LogP contribution is -2.30. The van der Waals surface area contributed by atoms with Crippen molar-refractivity contribution in [2.45, 2.75) is 33.6 Å². The number of amides is 1. The number of hydrogen-bond donors (Lipinski definition) is 2. The minimum Gasteiger partial charge on any atom is -0.399 e. The summed E-state index contributed by atoms with van der Waals surface area (Å²) >= 11 is 0. The maximum Gasteiger partial charge on any atom is 0.220 e. The Balaban J connectivity index is 2.32. The normalized spacial score (nSPS) is 12.4. The first-order valence-electron chi connectivity index (χ1n) is 6.60. The first-order chi connectivity index (χ1) is 8.50. The van der Waals surface area contributed by atoms with E-state index in [-0.39, 0.29) is 5.91 Å². The highest BCUT2D eigenvalue weighted by Gasteiger charge is 2.09. The molecule has 0 bridgehead atoms. The van der Waals surface area contributed by atoms with Crippen LogP contribution in [0, 0.1) is 11.8 Å². The Morgan fingerprint density at radius 2 is 1.94 bits per heavy atom. The van der Waals surface area contributed by atoms with E-state index in [1.54, 1.807) is 0 Å². The number of carbonyl (C=O) groups is 1. The number of benzene rings is 1. The van der Waals surface area contributed by atoms with Gasteiger partial charge in [-0.3, -0.25) is 4.79 Å². The minimum absolute atomic E-state index is 0.103. The quantitative estimate of drug-likeness (QED) is 0.760. The molecule has 0 spiro atoms. The standard InChI is InChI=1S/C15H24N2O/c1-11(2)12(3)10-17-15(18)9-8-13-6-4-5-7-14(13)16/h4-7,11-12H,8-10,16H2,1-3H3,(H,17,18). The van der Waals surface area contributed by atoms with Crippen LogP contribution in [0.25, 0.3) is 0 Å².